The van der Waals surface area contributed by atoms with Crippen molar-refractivity contribution in [2.45, 2.75) is 13.0 Å². The van der Waals surface area contributed by atoms with E-state index < -0.39 is 12.1 Å². The Morgan fingerprint density at radius 3 is 3.06 bits per heavy atom. The number of hydrogen-bond acceptors (Lipinski definition) is 7. The Hall–Kier alpha value is -1.60. The molecule has 17 heavy (non-hydrogen) atoms. The highest BCUT2D eigenvalue weighted by molar-refractivity contribution is 5.91. The summed E-state index contributed by atoms with van der Waals surface area (Å²) in [6, 6.07) is 0. The summed E-state index contributed by atoms with van der Waals surface area (Å²) < 4.78 is 20.6. The van der Waals surface area contributed by atoms with Crippen LogP contribution in [0.25, 0.3) is 0 Å². The minimum atomic E-state index is -0.600. The average molecular weight is 242 g/mol. The number of anilines is 1. The number of carbonyl (C=O) groups is 1. The van der Waals surface area contributed by atoms with Crippen molar-refractivity contribution in [1.29, 1.82) is 0 Å². The van der Waals surface area contributed by atoms with Crippen molar-refractivity contribution >= 4 is 11.9 Å². The van der Waals surface area contributed by atoms with Gasteiger partial charge < -0.3 is 24.4 Å². The normalized spacial score (nSPS) is 20.2. The van der Waals surface area contributed by atoms with Crippen LogP contribution in [0.2, 0.25) is 0 Å². The molecule has 94 valence electrons. The fraction of sp³-hybridized carbons (Fsp3) is 0.600. The van der Waals surface area contributed by atoms with Gasteiger partial charge in [0.25, 0.3) is 0 Å². The van der Waals surface area contributed by atoms with Gasteiger partial charge in [-0.1, -0.05) is 0 Å². The molecule has 0 amide bonds. The quantitative estimate of drug-likeness (QED) is 0.771. The van der Waals surface area contributed by atoms with Crippen molar-refractivity contribution in [2.24, 2.45) is 0 Å². The summed E-state index contributed by atoms with van der Waals surface area (Å²) in [4.78, 5) is 15.4. The number of esters is 1. The van der Waals surface area contributed by atoms with Crippen LogP contribution < -0.4 is 5.73 Å². The maximum atomic E-state index is 11.5. The summed E-state index contributed by atoms with van der Waals surface area (Å²) in [7, 11) is 0. The van der Waals surface area contributed by atoms with Gasteiger partial charge in [-0.3, -0.25) is 0 Å². The third-order valence-corrected chi connectivity index (χ3v) is 2.23. The Bertz CT molecular complexity index is 397. The van der Waals surface area contributed by atoms with Crippen LogP contribution in [0.1, 0.15) is 29.4 Å². The highest BCUT2D eigenvalue weighted by Crippen LogP contribution is 2.24. The second-order valence-corrected chi connectivity index (χ2v) is 3.42. The molecule has 7 heteroatoms. The first-order valence-electron chi connectivity index (χ1n) is 5.35. The first kappa shape index (κ1) is 11.9. The zero-order valence-corrected chi connectivity index (χ0v) is 9.47. The minimum absolute atomic E-state index is 0.0176. The Morgan fingerprint density at radius 2 is 2.41 bits per heavy atom. The molecule has 0 radical (unpaired) electrons. The van der Waals surface area contributed by atoms with Gasteiger partial charge in [-0.05, 0) is 6.92 Å². The lowest BCUT2D eigenvalue weighted by Gasteiger charge is -2.19. The van der Waals surface area contributed by atoms with Gasteiger partial charge in [-0.2, -0.15) is 0 Å². The molecule has 2 rings (SSSR count). The van der Waals surface area contributed by atoms with E-state index in [-0.39, 0.29) is 24.1 Å². The third kappa shape index (κ3) is 2.56. The van der Waals surface area contributed by atoms with Gasteiger partial charge in [0.05, 0.1) is 26.4 Å². The average Bonchev–Trinajstić information content (AvgIpc) is 2.73. The van der Waals surface area contributed by atoms with Gasteiger partial charge in [0, 0.05) is 0 Å². The number of aromatic nitrogens is 1. The predicted octanol–water partition coefficient (Wildman–Crippen LogP) is 0.521. The molecule has 1 fully saturated rings. The van der Waals surface area contributed by atoms with E-state index >= 15 is 0 Å². The van der Waals surface area contributed by atoms with Crippen LogP contribution in [-0.2, 0) is 14.2 Å². The molecule has 1 saturated heterocycles. The zero-order chi connectivity index (χ0) is 12.3. The minimum Gasteiger partial charge on any atom is -0.461 e. The van der Waals surface area contributed by atoms with Crippen molar-refractivity contribution in [3.63, 3.8) is 0 Å². The van der Waals surface area contributed by atoms with E-state index in [1.54, 1.807) is 6.92 Å². The molecule has 0 bridgehead atoms. The molecule has 1 unspecified atom stereocenters. The molecule has 7 nitrogen and oxygen atoms in total. The summed E-state index contributed by atoms with van der Waals surface area (Å²) in [5.74, 6) is -0.422. The standard InChI is InChI=1S/C10H14N2O5/c1-2-15-10(13)7-8(11)17-9(12-7)6-5-14-3-4-16-6/h6H,2-5,11H2,1H3. The molecule has 1 aliphatic rings. The van der Waals surface area contributed by atoms with Crippen LogP contribution >= 0.6 is 0 Å². The molecular weight excluding hydrogens is 228 g/mol. The number of carbonyl (C=O) groups excluding carboxylic acids is 1. The third-order valence-electron chi connectivity index (χ3n) is 2.23. The molecule has 2 heterocycles. The number of nitrogens with two attached hydrogens (primary N) is 1. The second-order valence-electron chi connectivity index (χ2n) is 3.42. The summed E-state index contributed by atoms with van der Waals surface area (Å²) in [5.41, 5.74) is 5.54. The highest BCUT2D eigenvalue weighted by atomic mass is 16.6. The summed E-state index contributed by atoms with van der Waals surface area (Å²) in [5, 5.41) is 0. The van der Waals surface area contributed by atoms with Crippen molar-refractivity contribution in [3.05, 3.63) is 11.6 Å². The van der Waals surface area contributed by atoms with Crippen LogP contribution in [0.5, 0.6) is 0 Å². The first-order chi connectivity index (χ1) is 8.22. The van der Waals surface area contributed by atoms with E-state index in [0.717, 1.165) is 0 Å². The van der Waals surface area contributed by atoms with Crippen molar-refractivity contribution in [1.82, 2.24) is 4.98 Å². The number of rotatable bonds is 3. The Labute approximate surface area is 97.8 Å². The molecule has 1 aromatic rings. The lowest BCUT2D eigenvalue weighted by Crippen LogP contribution is -2.22. The van der Waals surface area contributed by atoms with E-state index in [1.165, 1.54) is 0 Å². The van der Waals surface area contributed by atoms with Crippen LogP contribution in [-0.4, -0.2) is 37.4 Å². The fourth-order valence-corrected chi connectivity index (χ4v) is 1.46. The highest BCUT2D eigenvalue weighted by Gasteiger charge is 2.26. The molecule has 1 atom stereocenters. The number of hydrogen-bond donors (Lipinski definition) is 1. The molecule has 0 spiro atoms. The van der Waals surface area contributed by atoms with Crippen molar-refractivity contribution in [2.75, 3.05) is 32.2 Å². The van der Waals surface area contributed by atoms with Crippen LogP contribution in [0.15, 0.2) is 4.42 Å². The smallest absolute Gasteiger partial charge is 0.362 e. The van der Waals surface area contributed by atoms with E-state index in [2.05, 4.69) is 4.98 Å². The Kier molecular flexibility index (Phi) is 3.60. The first-order valence-corrected chi connectivity index (χ1v) is 5.35. The Balaban J connectivity index is 2.14. The van der Waals surface area contributed by atoms with Crippen molar-refractivity contribution < 1.29 is 23.4 Å². The van der Waals surface area contributed by atoms with Gasteiger partial charge in [0.2, 0.25) is 17.5 Å². The van der Waals surface area contributed by atoms with E-state index in [4.69, 9.17) is 24.4 Å². The van der Waals surface area contributed by atoms with Gasteiger partial charge in [0.1, 0.15) is 0 Å². The van der Waals surface area contributed by atoms with Gasteiger partial charge in [-0.25, -0.2) is 9.78 Å². The topological polar surface area (TPSA) is 96.8 Å². The maximum Gasteiger partial charge on any atom is 0.362 e. The number of nitrogen functional groups attached to an aromatic ring is 1. The molecule has 0 aliphatic carbocycles. The molecular formula is C10H14N2O5. The molecule has 1 aliphatic heterocycles. The SMILES string of the molecule is CCOC(=O)c1nc(C2COCCO2)oc1N. The number of nitrogens with zero attached hydrogens (tertiary/aromatic N) is 1. The van der Waals surface area contributed by atoms with E-state index in [9.17, 15) is 4.79 Å². The zero-order valence-electron chi connectivity index (χ0n) is 9.47. The van der Waals surface area contributed by atoms with Crippen LogP contribution in [0, 0.1) is 0 Å². The fourth-order valence-electron chi connectivity index (χ4n) is 1.46. The van der Waals surface area contributed by atoms with Crippen LogP contribution in [0.4, 0.5) is 5.88 Å². The molecule has 0 aromatic carbocycles. The lowest BCUT2D eigenvalue weighted by atomic mass is 10.3. The maximum absolute atomic E-state index is 11.5. The number of oxazole rings is 1. The molecule has 0 saturated carbocycles. The monoisotopic (exact) mass is 242 g/mol. The molecule has 1 aromatic heterocycles. The number of ether oxygens (including phenoxy) is 3. The van der Waals surface area contributed by atoms with Crippen LogP contribution in [0.3, 0.4) is 0 Å². The van der Waals surface area contributed by atoms with Gasteiger partial charge in [-0.15, -0.1) is 0 Å². The van der Waals surface area contributed by atoms with Gasteiger partial charge in [0.15, 0.2) is 6.10 Å². The second kappa shape index (κ2) is 5.15. The van der Waals surface area contributed by atoms with Gasteiger partial charge >= 0.3 is 5.97 Å². The Morgan fingerprint density at radius 1 is 1.59 bits per heavy atom. The van der Waals surface area contributed by atoms with E-state index in [0.29, 0.717) is 19.8 Å². The largest absolute Gasteiger partial charge is 0.461 e. The lowest BCUT2D eigenvalue weighted by molar-refractivity contribution is -0.0993. The predicted molar refractivity (Wildman–Crippen MR) is 56.4 cm³/mol. The van der Waals surface area contributed by atoms with E-state index in [1.807, 2.05) is 0 Å². The summed E-state index contributed by atoms with van der Waals surface area (Å²) in [6.07, 6.45) is -0.422. The summed E-state index contributed by atoms with van der Waals surface area (Å²) >= 11 is 0. The van der Waals surface area contributed by atoms with Crippen molar-refractivity contribution in [3.8, 4) is 0 Å². The summed E-state index contributed by atoms with van der Waals surface area (Å²) in [6.45, 7) is 3.29. The molecule has 2 N–H and O–H groups in total.